The number of halogens is 1. The average molecular weight is 515 g/mol. The Morgan fingerprint density at radius 1 is 1.24 bits per heavy atom. The Labute approximate surface area is 191 Å². The third-order valence-corrected chi connectivity index (χ3v) is 5.15. The van der Waals surface area contributed by atoms with E-state index in [9.17, 15) is 4.79 Å². The van der Waals surface area contributed by atoms with Crippen LogP contribution in [0.3, 0.4) is 0 Å². The maximum atomic E-state index is 11.9. The third-order valence-electron chi connectivity index (χ3n) is 5.15. The molecule has 1 fully saturated rings. The second kappa shape index (κ2) is 11.6. The zero-order chi connectivity index (χ0) is 19.9. The summed E-state index contributed by atoms with van der Waals surface area (Å²) in [4.78, 5) is 20.8. The molecule has 0 atom stereocenters. The molecular formula is C21H34IN5O2. The minimum Gasteiger partial charge on any atom is -0.493 e. The molecule has 0 bridgehead atoms. The standard InChI is InChI=1S/C21H33N5O2.HI/c1-16(2)24-20(27)15-25-9-11-26(12-10-25)21(22-3)23-8-6-17-4-5-19-18(14-17)7-13-28-19;/h4-5,14,16H,6-13,15H2,1-3H3,(H,22,23)(H,24,27);1H. The highest BCUT2D eigenvalue weighted by Crippen LogP contribution is 2.25. The number of hydrogen-bond acceptors (Lipinski definition) is 4. The van der Waals surface area contributed by atoms with Gasteiger partial charge in [-0.3, -0.25) is 14.7 Å². The van der Waals surface area contributed by atoms with Crippen molar-refractivity contribution in [2.45, 2.75) is 32.7 Å². The van der Waals surface area contributed by atoms with Gasteiger partial charge in [0.25, 0.3) is 0 Å². The molecule has 2 aliphatic heterocycles. The van der Waals surface area contributed by atoms with Crippen molar-refractivity contribution in [1.82, 2.24) is 20.4 Å². The fourth-order valence-electron chi connectivity index (χ4n) is 3.73. The largest absolute Gasteiger partial charge is 0.493 e. The molecule has 3 rings (SSSR count). The van der Waals surface area contributed by atoms with Gasteiger partial charge in [0.05, 0.1) is 13.2 Å². The molecule has 1 aromatic carbocycles. The maximum Gasteiger partial charge on any atom is 0.234 e. The summed E-state index contributed by atoms with van der Waals surface area (Å²) < 4.78 is 5.57. The molecule has 162 valence electrons. The smallest absolute Gasteiger partial charge is 0.234 e. The van der Waals surface area contributed by atoms with Crippen LogP contribution in [0.5, 0.6) is 5.75 Å². The number of rotatable bonds is 6. The van der Waals surface area contributed by atoms with Gasteiger partial charge in [0.15, 0.2) is 5.96 Å². The molecule has 0 aromatic heterocycles. The summed E-state index contributed by atoms with van der Waals surface area (Å²) in [6.07, 6.45) is 1.97. The molecule has 1 aromatic rings. The van der Waals surface area contributed by atoms with Gasteiger partial charge in [0, 0.05) is 52.2 Å². The predicted molar refractivity (Wildman–Crippen MR) is 127 cm³/mol. The van der Waals surface area contributed by atoms with Crippen LogP contribution in [0.4, 0.5) is 0 Å². The Kier molecular flexibility index (Phi) is 9.48. The molecule has 2 heterocycles. The van der Waals surface area contributed by atoms with Crippen LogP contribution in [-0.2, 0) is 17.6 Å². The molecule has 1 saturated heterocycles. The molecule has 1 amide bonds. The van der Waals surface area contributed by atoms with E-state index in [4.69, 9.17) is 4.74 Å². The predicted octanol–water partition coefficient (Wildman–Crippen LogP) is 1.50. The SMILES string of the molecule is CN=C(NCCc1ccc2c(c1)CCO2)N1CCN(CC(=O)NC(C)C)CC1.I. The molecule has 2 aliphatic rings. The van der Waals surface area contributed by atoms with Gasteiger partial charge in [-0.15, -0.1) is 24.0 Å². The van der Waals surface area contributed by atoms with Crippen LogP contribution < -0.4 is 15.4 Å². The number of guanidine groups is 1. The number of fused-ring (bicyclic) bond motifs is 1. The van der Waals surface area contributed by atoms with E-state index < -0.39 is 0 Å². The number of nitrogens with one attached hydrogen (secondary N) is 2. The second-order valence-electron chi connectivity index (χ2n) is 7.75. The van der Waals surface area contributed by atoms with Gasteiger partial charge in [-0.25, -0.2) is 0 Å². The van der Waals surface area contributed by atoms with Crippen LogP contribution in [0.25, 0.3) is 0 Å². The number of piperazine rings is 1. The van der Waals surface area contributed by atoms with Crippen LogP contribution in [0.15, 0.2) is 23.2 Å². The summed E-state index contributed by atoms with van der Waals surface area (Å²) >= 11 is 0. The molecule has 7 nitrogen and oxygen atoms in total. The van der Waals surface area contributed by atoms with Gasteiger partial charge < -0.3 is 20.3 Å². The van der Waals surface area contributed by atoms with Crippen molar-refractivity contribution in [2.75, 3.05) is 52.9 Å². The van der Waals surface area contributed by atoms with Crippen LogP contribution in [-0.4, -0.2) is 80.6 Å². The first-order valence-corrected chi connectivity index (χ1v) is 10.3. The molecule has 2 N–H and O–H groups in total. The molecule has 0 saturated carbocycles. The summed E-state index contributed by atoms with van der Waals surface area (Å²) in [7, 11) is 1.83. The number of benzene rings is 1. The normalized spacial score (nSPS) is 16.8. The molecule has 8 heteroatoms. The van der Waals surface area contributed by atoms with Crippen LogP contribution in [0.1, 0.15) is 25.0 Å². The van der Waals surface area contributed by atoms with Crippen molar-refractivity contribution < 1.29 is 9.53 Å². The lowest BCUT2D eigenvalue weighted by molar-refractivity contribution is -0.123. The Hall–Kier alpha value is -1.55. The first-order chi connectivity index (χ1) is 13.5. The summed E-state index contributed by atoms with van der Waals surface area (Å²) in [5, 5.41) is 6.44. The number of aliphatic imine (C=N–C) groups is 1. The second-order valence-corrected chi connectivity index (χ2v) is 7.75. The van der Waals surface area contributed by atoms with E-state index in [0.29, 0.717) is 6.54 Å². The molecule has 29 heavy (non-hydrogen) atoms. The number of carbonyl (C=O) groups is 1. The minimum atomic E-state index is 0. The zero-order valence-corrected chi connectivity index (χ0v) is 20.1. The zero-order valence-electron chi connectivity index (χ0n) is 17.7. The number of amides is 1. The van der Waals surface area contributed by atoms with Crippen molar-refractivity contribution in [3.05, 3.63) is 29.3 Å². The monoisotopic (exact) mass is 515 g/mol. The summed E-state index contributed by atoms with van der Waals surface area (Å²) in [6.45, 7) is 9.60. The lowest BCUT2D eigenvalue weighted by atomic mass is 10.1. The third kappa shape index (κ3) is 7.02. The Morgan fingerprint density at radius 2 is 2.00 bits per heavy atom. The number of carbonyl (C=O) groups excluding carboxylic acids is 1. The van der Waals surface area contributed by atoms with Gasteiger partial charge in [-0.1, -0.05) is 12.1 Å². The van der Waals surface area contributed by atoms with Gasteiger partial charge in [0.2, 0.25) is 5.91 Å². The van der Waals surface area contributed by atoms with E-state index in [-0.39, 0.29) is 35.9 Å². The maximum absolute atomic E-state index is 11.9. The quantitative estimate of drug-likeness (QED) is 0.342. The molecule has 0 radical (unpaired) electrons. The van der Waals surface area contributed by atoms with E-state index in [1.165, 1.54) is 11.1 Å². The first kappa shape index (κ1) is 23.7. The Bertz CT molecular complexity index is 702. The summed E-state index contributed by atoms with van der Waals surface area (Å²) in [5.41, 5.74) is 2.65. The van der Waals surface area contributed by atoms with E-state index in [0.717, 1.165) is 63.9 Å². The molecular weight excluding hydrogens is 481 g/mol. The van der Waals surface area contributed by atoms with Crippen molar-refractivity contribution in [3.63, 3.8) is 0 Å². The molecule has 0 unspecified atom stereocenters. The molecule has 0 spiro atoms. The van der Waals surface area contributed by atoms with Crippen LogP contribution in [0.2, 0.25) is 0 Å². The van der Waals surface area contributed by atoms with Gasteiger partial charge in [-0.2, -0.15) is 0 Å². The lowest BCUT2D eigenvalue weighted by Crippen LogP contribution is -2.54. The number of ether oxygens (including phenoxy) is 1. The van der Waals surface area contributed by atoms with Crippen molar-refractivity contribution in [2.24, 2.45) is 4.99 Å². The van der Waals surface area contributed by atoms with E-state index in [1.54, 1.807) is 0 Å². The Morgan fingerprint density at radius 3 is 2.69 bits per heavy atom. The van der Waals surface area contributed by atoms with E-state index in [2.05, 4.69) is 43.6 Å². The van der Waals surface area contributed by atoms with Gasteiger partial charge in [-0.05, 0) is 37.5 Å². The molecule has 0 aliphatic carbocycles. The minimum absolute atomic E-state index is 0. The van der Waals surface area contributed by atoms with Gasteiger partial charge in [0.1, 0.15) is 5.75 Å². The highest BCUT2D eigenvalue weighted by Gasteiger charge is 2.21. The van der Waals surface area contributed by atoms with Crippen LogP contribution >= 0.6 is 24.0 Å². The first-order valence-electron chi connectivity index (χ1n) is 10.3. The fraction of sp³-hybridized carbons (Fsp3) is 0.619. The number of hydrogen-bond donors (Lipinski definition) is 2. The van der Waals surface area contributed by atoms with E-state index in [1.807, 2.05) is 20.9 Å². The highest BCUT2D eigenvalue weighted by molar-refractivity contribution is 14.0. The highest BCUT2D eigenvalue weighted by atomic mass is 127. The van der Waals surface area contributed by atoms with Gasteiger partial charge >= 0.3 is 0 Å². The van der Waals surface area contributed by atoms with Crippen LogP contribution in [0, 0.1) is 0 Å². The fourth-order valence-corrected chi connectivity index (χ4v) is 3.73. The Balaban J connectivity index is 0.00000300. The number of nitrogens with zero attached hydrogens (tertiary/aromatic N) is 3. The van der Waals surface area contributed by atoms with Crippen molar-refractivity contribution in [3.8, 4) is 5.75 Å². The summed E-state index contributed by atoms with van der Waals surface area (Å²) in [6, 6.07) is 6.68. The lowest BCUT2D eigenvalue weighted by Gasteiger charge is -2.36. The topological polar surface area (TPSA) is 69.2 Å². The van der Waals surface area contributed by atoms with Crippen molar-refractivity contribution in [1.29, 1.82) is 0 Å². The summed E-state index contributed by atoms with van der Waals surface area (Å²) in [5.74, 6) is 2.08. The van der Waals surface area contributed by atoms with Crippen molar-refractivity contribution >= 4 is 35.8 Å². The average Bonchev–Trinajstić information content (AvgIpc) is 3.13. The van der Waals surface area contributed by atoms with E-state index >= 15 is 0 Å².